The number of aliphatic hydroxyl groups excluding tert-OH is 1. The van der Waals surface area contributed by atoms with E-state index < -0.39 is 39.9 Å². The van der Waals surface area contributed by atoms with Crippen molar-refractivity contribution in [2.75, 3.05) is 20.2 Å². The molecule has 2 saturated carbocycles. The molecule has 9 atom stereocenters. The smallest absolute Gasteiger partial charge is 0.227 e. The molecule has 4 fully saturated rings. The van der Waals surface area contributed by atoms with Crippen LogP contribution in [0.1, 0.15) is 46.5 Å². The summed E-state index contributed by atoms with van der Waals surface area (Å²) in [6, 6.07) is 0. The number of fused-ring (bicyclic) bond motifs is 7. The van der Waals surface area contributed by atoms with Gasteiger partial charge in [0.2, 0.25) is 5.79 Å². The van der Waals surface area contributed by atoms with Crippen molar-refractivity contribution in [3.8, 4) is 0 Å². The second-order valence-corrected chi connectivity index (χ2v) is 10.9. The highest BCUT2D eigenvalue weighted by molar-refractivity contribution is 5.93. The van der Waals surface area contributed by atoms with E-state index in [4.69, 9.17) is 18.9 Å². The summed E-state index contributed by atoms with van der Waals surface area (Å²) in [4.78, 5) is 12.0. The summed E-state index contributed by atoms with van der Waals surface area (Å²) in [7, 11) is 0. The molecule has 0 bridgehead atoms. The SMILES string of the molecule is C[C@H]1C[C@H]2[C@@H]3CC=C4CC(=O)C=C[C@]4(C)[C@@]3(F)[C@@H](O)C[C@]2(C)[C@]12OCOC21COCO1. The van der Waals surface area contributed by atoms with E-state index in [-0.39, 0.29) is 50.7 Å². The largest absolute Gasteiger partial charge is 0.390 e. The highest BCUT2D eigenvalue weighted by Crippen LogP contribution is 2.73. The molecule has 7 heteroatoms. The van der Waals surface area contributed by atoms with Gasteiger partial charge in [0, 0.05) is 23.2 Å². The van der Waals surface area contributed by atoms with Gasteiger partial charge >= 0.3 is 0 Å². The van der Waals surface area contributed by atoms with Gasteiger partial charge in [0.05, 0.1) is 6.10 Å². The van der Waals surface area contributed by atoms with Crippen LogP contribution in [0.25, 0.3) is 0 Å². The predicted octanol–water partition coefficient (Wildman–Crippen LogP) is 3.05. The van der Waals surface area contributed by atoms with E-state index in [1.54, 1.807) is 6.08 Å². The third-order valence-corrected chi connectivity index (χ3v) is 9.96. The third kappa shape index (κ3) is 2.05. The van der Waals surface area contributed by atoms with Gasteiger partial charge in [-0.05, 0) is 44.1 Å². The minimum Gasteiger partial charge on any atom is -0.390 e. The third-order valence-electron chi connectivity index (χ3n) is 9.96. The van der Waals surface area contributed by atoms with Gasteiger partial charge in [0.1, 0.15) is 12.2 Å². The van der Waals surface area contributed by atoms with E-state index in [0.29, 0.717) is 6.42 Å². The van der Waals surface area contributed by atoms with Crippen LogP contribution in [0.2, 0.25) is 0 Å². The average molecular weight is 435 g/mol. The Kier molecular flexibility index (Phi) is 4.00. The van der Waals surface area contributed by atoms with Gasteiger partial charge in [0.15, 0.2) is 25.0 Å². The lowest BCUT2D eigenvalue weighted by Crippen LogP contribution is -2.71. The Labute approximate surface area is 181 Å². The maximum atomic E-state index is 17.3. The Morgan fingerprint density at radius 3 is 2.68 bits per heavy atom. The Bertz CT molecular complexity index is 889. The van der Waals surface area contributed by atoms with Crippen molar-refractivity contribution in [2.24, 2.45) is 28.6 Å². The second kappa shape index (κ2) is 6.06. The monoisotopic (exact) mass is 434 g/mol. The molecule has 6 aliphatic rings. The lowest BCUT2D eigenvalue weighted by molar-refractivity contribution is -0.276. The Morgan fingerprint density at radius 1 is 1.16 bits per heavy atom. The molecule has 0 aromatic heterocycles. The molecule has 0 aromatic carbocycles. The van der Waals surface area contributed by atoms with E-state index in [2.05, 4.69) is 19.9 Å². The maximum Gasteiger partial charge on any atom is 0.227 e. The van der Waals surface area contributed by atoms with Crippen molar-refractivity contribution in [1.29, 1.82) is 0 Å². The van der Waals surface area contributed by atoms with Crippen LogP contribution in [0.4, 0.5) is 4.39 Å². The maximum absolute atomic E-state index is 17.3. The highest BCUT2D eigenvalue weighted by Gasteiger charge is 2.81. The fourth-order valence-electron chi connectivity index (χ4n) is 8.64. The molecular formula is C24H31FO6. The molecule has 170 valence electrons. The number of carbonyl (C=O) groups is 1. The van der Waals surface area contributed by atoms with Crippen molar-refractivity contribution in [1.82, 2.24) is 0 Å². The normalized spacial score (nSPS) is 57.8. The lowest BCUT2D eigenvalue weighted by atomic mass is 9.45. The zero-order valence-corrected chi connectivity index (χ0v) is 18.4. The second-order valence-electron chi connectivity index (χ2n) is 10.9. The highest BCUT2D eigenvalue weighted by atomic mass is 19.1. The van der Waals surface area contributed by atoms with Crippen LogP contribution in [0.5, 0.6) is 0 Å². The Hall–Kier alpha value is -1.12. The fourth-order valence-corrected chi connectivity index (χ4v) is 8.64. The van der Waals surface area contributed by atoms with E-state index in [1.807, 2.05) is 6.92 Å². The molecule has 6 rings (SSSR count). The molecule has 1 unspecified atom stereocenters. The molecule has 31 heavy (non-hydrogen) atoms. The number of ether oxygens (including phenoxy) is 4. The minimum absolute atomic E-state index is 0.00816. The summed E-state index contributed by atoms with van der Waals surface area (Å²) in [6.45, 7) is 6.60. The van der Waals surface area contributed by atoms with Gasteiger partial charge in [-0.3, -0.25) is 4.79 Å². The van der Waals surface area contributed by atoms with E-state index in [1.165, 1.54) is 6.08 Å². The van der Waals surface area contributed by atoms with Crippen LogP contribution < -0.4 is 0 Å². The van der Waals surface area contributed by atoms with Crippen molar-refractivity contribution in [3.63, 3.8) is 0 Å². The number of hydrogen-bond donors (Lipinski definition) is 1. The van der Waals surface area contributed by atoms with E-state index in [9.17, 15) is 9.90 Å². The van der Waals surface area contributed by atoms with Crippen LogP contribution in [-0.2, 0) is 23.7 Å². The first-order valence-electron chi connectivity index (χ1n) is 11.4. The van der Waals surface area contributed by atoms with Crippen molar-refractivity contribution >= 4 is 5.78 Å². The quantitative estimate of drug-likeness (QED) is 0.591. The molecule has 4 aliphatic carbocycles. The fraction of sp³-hybridized carbons (Fsp3) is 0.792. The summed E-state index contributed by atoms with van der Waals surface area (Å²) in [5.74, 6) is -1.41. The number of aliphatic hydroxyl groups is 1. The molecule has 1 N–H and O–H groups in total. The molecule has 0 radical (unpaired) electrons. The van der Waals surface area contributed by atoms with Crippen LogP contribution >= 0.6 is 0 Å². The number of ketones is 1. The van der Waals surface area contributed by atoms with Crippen molar-refractivity contribution in [3.05, 3.63) is 23.8 Å². The van der Waals surface area contributed by atoms with Crippen LogP contribution in [0, 0.1) is 28.6 Å². The van der Waals surface area contributed by atoms with Gasteiger partial charge in [-0.15, -0.1) is 0 Å². The number of carbonyl (C=O) groups excluding carboxylic acids is 1. The van der Waals surface area contributed by atoms with Gasteiger partial charge in [-0.1, -0.05) is 31.6 Å². The lowest BCUT2D eigenvalue weighted by Gasteiger charge is -2.63. The Morgan fingerprint density at radius 2 is 1.94 bits per heavy atom. The molecule has 2 spiro atoms. The number of rotatable bonds is 0. The molecule has 0 aromatic rings. The summed E-state index contributed by atoms with van der Waals surface area (Å²) < 4.78 is 41.3. The number of alkyl halides is 1. The first kappa shape index (κ1) is 20.5. The first-order chi connectivity index (χ1) is 14.6. The molecule has 0 amide bonds. The molecule has 6 nitrogen and oxygen atoms in total. The van der Waals surface area contributed by atoms with Crippen LogP contribution in [-0.4, -0.2) is 54.2 Å². The zero-order chi connectivity index (χ0) is 21.9. The summed E-state index contributed by atoms with van der Waals surface area (Å²) >= 11 is 0. The summed E-state index contributed by atoms with van der Waals surface area (Å²) in [5, 5.41) is 11.5. The minimum atomic E-state index is -1.84. The number of hydrogen-bond acceptors (Lipinski definition) is 6. The summed E-state index contributed by atoms with van der Waals surface area (Å²) in [6.07, 6.45) is 5.78. The van der Waals surface area contributed by atoms with E-state index >= 15 is 4.39 Å². The predicted molar refractivity (Wildman–Crippen MR) is 107 cm³/mol. The zero-order valence-electron chi connectivity index (χ0n) is 18.4. The van der Waals surface area contributed by atoms with Gasteiger partial charge < -0.3 is 24.1 Å². The van der Waals surface area contributed by atoms with Crippen LogP contribution in [0.3, 0.4) is 0 Å². The molecule has 2 heterocycles. The topological polar surface area (TPSA) is 74.2 Å². The Balaban J connectivity index is 1.49. The van der Waals surface area contributed by atoms with E-state index in [0.717, 1.165) is 12.0 Å². The molecular weight excluding hydrogens is 403 g/mol. The molecule has 2 saturated heterocycles. The summed E-state index contributed by atoms with van der Waals surface area (Å²) in [5.41, 5.74) is -3.39. The van der Waals surface area contributed by atoms with Gasteiger partial charge in [0.25, 0.3) is 0 Å². The number of halogens is 1. The standard InChI is InChI=1S/C24H31FO6/c1-14-8-18-17-5-4-15-9-16(26)6-7-20(15,2)23(17,25)19(27)10-21(18,3)24(14)22(30-13-31-24)11-28-12-29-22/h4,6-7,14,17-19,27H,5,8-13H2,1-3H3/t14-,17-,18-,19-,20-,21-,22?,23-,24+/m0/s1. The number of allylic oxidation sites excluding steroid dienone is 4. The average Bonchev–Trinajstić information content (AvgIpc) is 3.40. The van der Waals surface area contributed by atoms with Crippen molar-refractivity contribution < 1.29 is 33.2 Å². The molecule has 2 aliphatic heterocycles. The van der Waals surface area contributed by atoms with Gasteiger partial charge in [-0.25, -0.2) is 4.39 Å². The van der Waals surface area contributed by atoms with Crippen molar-refractivity contribution in [2.45, 2.75) is 69.6 Å². The van der Waals surface area contributed by atoms with Gasteiger partial charge in [-0.2, -0.15) is 0 Å². The van der Waals surface area contributed by atoms with Crippen LogP contribution in [0.15, 0.2) is 23.8 Å². The first-order valence-corrected chi connectivity index (χ1v) is 11.4.